The highest BCUT2D eigenvalue weighted by Gasteiger charge is 2.47. The Morgan fingerprint density at radius 1 is 1.06 bits per heavy atom. The molecule has 1 unspecified atom stereocenters. The molecule has 7 nitrogen and oxygen atoms in total. The Hall–Kier alpha value is -4.13. The van der Waals surface area contributed by atoms with Crippen LogP contribution in [0.5, 0.6) is 5.75 Å². The maximum Gasteiger partial charge on any atom is 0.300 e. The third kappa shape index (κ3) is 4.12. The van der Waals surface area contributed by atoms with E-state index in [2.05, 4.69) is 4.98 Å². The lowest BCUT2D eigenvalue weighted by Crippen LogP contribution is -2.29. The topological polar surface area (TPSA) is 83.0 Å². The van der Waals surface area contributed by atoms with Crippen LogP contribution in [0.2, 0.25) is 0 Å². The van der Waals surface area contributed by atoms with Crippen LogP contribution < -0.4 is 14.5 Å². The molecule has 0 aliphatic carbocycles. The van der Waals surface area contributed by atoms with Gasteiger partial charge in [0.05, 0.1) is 18.2 Å². The highest BCUT2D eigenvalue weighted by atomic mass is 16.5. The Morgan fingerprint density at radius 2 is 1.74 bits per heavy atom. The molecule has 1 saturated heterocycles. The van der Waals surface area contributed by atoms with Crippen molar-refractivity contribution in [1.82, 2.24) is 4.98 Å². The van der Waals surface area contributed by atoms with E-state index in [1.807, 2.05) is 45.0 Å². The zero-order chi connectivity index (χ0) is 24.4. The number of hydrogen-bond donors (Lipinski definition) is 1. The number of Topliss-reactive ketones (excluding diaryl/α,β-unsaturated/α-hetero) is 1. The summed E-state index contributed by atoms with van der Waals surface area (Å²) in [7, 11) is 3.86. The molecule has 1 aliphatic rings. The van der Waals surface area contributed by atoms with Gasteiger partial charge in [0.15, 0.2) is 0 Å². The number of amides is 1. The van der Waals surface area contributed by atoms with Crippen LogP contribution in [0, 0.1) is 6.92 Å². The van der Waals surface area contributed by atoms with Crippen molar-refractivity contribution in [3.63, 3.8) is 0 Å². The molecular weight excluding hydrogens is 430 g/mol. The highest BCUT2D eigenvalue weighted by Crippen LogP contribution is 2.42. The molecule has 1 N–H and O–H groups in total. The molecule has 7 heteroatoms. The third-order valence-electron chi connectivity index (χ3n) is 5.86. The number of aryl methyl sites for hydroxylation is 1. The van der Waals surface area contributed by atoms with E-state index >= 15 is 0 Å². The van der Waals surface area contributed by atoms with Gasteiger partial charge in [-0.1, -0.05) is 0 Å². The number of rotatable bonds is 6. The number of ether oxygens (including phenoxy) is 1. The molecule has 2 heterocycles. The molecule has 34 heavy (non-hydrogen) atoms. The van der Waals surface area contributed by atoms with Gasteiger partial charge in [-0.2, -0.15) is 0 Å². The van der Waals surface area contributed by atoms with Gasteiger partial charge in [0.1, 0.15) is 11.5 Å². The average molecular weight is 458 g/mol. The van der Waals surface area contributed by atoms with E-state index in [4.69, 9.17) is 4.74 Å². The summed E-state index contributed by atoms with van der Waals surface area (Å²) < 4.78 is 5.59. The lowest BCUT2D eigenvalue weighted by atomic mass is 9.95. The van der Waals surface area contributed by atoms with Gasteiger partial charge in [-0.3, -0.25) is 19.5 Å². The summed E-state index contributed by atoms with van der Waals surface area (Å²) in [6, 6.07) is 15.3. The molecule has 0 saturated carbocycles. The van der Waals surface area contributed by atoms with Crippen LogP contribution in [0.15, 0.2) is 72.6 Å². The lowest BCUT2D eigenvalue weighted by molar-refractivity contribution is -0.132. The van der Waals surface area contributed by atoms with Crippen molar-refractivity contribution in [3.8, 4) is 5.75 Å². The quantitative estimate of drug-likeness (QED) is 0.334. The summed E-state index contributed by atoms with van der Waals surface area (Å²) in [6.45, 7) is 4.29. The molecule has 2 aromatic carbocycles. The van der Waals surface area contributed by atoms with Crippen molar-refractivity contribution in [1.29, 1.82) is 0 Å². The van der Waals surface area contributed by atoms with Crippen LogP contribution in [-0.2, 0) is 9.59 Å². The molecule has 0 spiro atoms. The molecule has 1 atom stereocenters. The van der Waals surface area contributed by atoms with Gasteiger partial charge < -0.3 is 14.7 Å². The summed E-state index contributed by atoms with van der Waals surface area (Å²) in [5.74, 6) is -0.948. The monoisotopic (exact) mass is 457 g/mol. The standard InChI is InChI=1S/C27H27N3O4/c1-5-34-22-11-6-19(16-17(22)2)25(31)23-24(18-12-14-28-15-13-18)30(27(33)26(23)32)21-9-7-20(8-10-21)29(3)4/h6-16,24,31H,5H2,1-4H3/b25-23-. The third-order valence-corrected chi connectivity index (χ3v) is 5.86. The van der Waals surface area contributed by atoms with Gasteiger partial charge in [0, 0.05) is 43.4 Å². The van der Waals surface area contributed by atoms with E-state index in [1.54, 1.807) is 54.9 Å². The second-order valence-corrected chi connectivity index (χ2v) is 8.27. The number of anilines is 2. The molecule has 1 fully saturated rings. The minimum atomic E-state index is -0.792. The molecule has 1 amide bonds. The number of hydrogen-bond acceptors (Lipinski definition) is 6. The fourth-order valence-corrected chi connectivity index (χ4v) is 4.14. The lowest BCUT2D eigenvalue weighted by Gasteiger charge is -2.26. The maximum absolute atomic E-state index is 13.3. The molecule has 0 radical (unpaired) electrons. The first-order chi connectivity index (χ1) is 16.3. The Morgan fingerprint density at radius 3 is 2.32 bits per heavy atom. The molecule has 174 valence electrons. The molecule has 1 aromatic heterocycles. The number of ketones is 1. The van der Waals surface area contributed by atoms with E-state index < -0.39 is 17.7 Å². The van der Waals surface area contributed by atoms with Gasteiger partial charge in [-0.05, 0) is 79.6 Å². The number of carbonyl (C=O) groups excluding carboxylic acids is 2. The van der Waals surface area contributed by atoms with Crippen molar-refractivity contribution in [2.24, 2.45) is 0 Å². The van der Waals surface area contributed by atoms with Gasteiger partial charge in [0.25, 0.3) is 11.7 Å². The van der Waals surface area contributed by atoms with E-state index in [0.29, 0.717) is 29.2 Å². The summed E-state index contributed by atoms with van der Waals surface area (Å²) in [5.41, 5.74) is 3.51. The normalized spacial score (nSPS) is 17.2. The van der Waals surface area contributed by atoms with Gasteiger partial charge >= 0.3 is 0 Å². The first-order valence-corrected chi connectivity index (χ1v) is 11.1. The number of carbonyl (C=O) groups is 2. The summed E-state index contributed by atoms with van der Waals surface area (Å²) in [6.07, 6.45) is 3.21. The smallest absolute Gasteiger partial charge is 0.300 e. The Kier molecular flexibility index (Phi) is 6.36. The molecule has 4 rings (SSSR count). The van der Waals surface area contributed by atoms with E-state index in [-0.39, 0.29) is 11.3 Å². The second kappa shape index (κ2) is 9.39. The number of aromatic nitrogens is 1. The number of benzene rings is 2. The van der Waals surface area contributed by atoms with Crippen LogP contribution in [-0.4, -0.2) is 42.5 Å². The van der Waals surface area contributed by atoms with Gasteiger partial charge in [-0.25, -0.2) is 0 Å². The highest BCUT2D eigenvalue weighted by molar-refractivity contribution is 6.51. The van der Waals surface area contributed by atoms with Crippen molar-refractivity contribution >= 4 is 28.8 Å². The Balaban J connectivity index is 1.87. The number of nitrogens with zero attached hydrogens (tertiary/aromatic N) is 3. The molecule has 1 aliphatic heterocycles. The van der Waals surface area contributed by atoms with Crippen LogP contribution in [0.4, 0.5) is 11.4 Å². The Bertz CT molecular complexity index is 1250. The maximum atomic E-state index is 13.3. The summed E-state index contributed by atoms with van der Waals surface area (Å²) >= 11 is 0. The number of aliphatic hydroxyl groups is 1. The van der Waals surface area contributed by atoms with Crippen LogP contribution in [0.25, 0.3) is 5.76 Å². The van der Waals surface area contributed by atoms with Crippen LogP contribution in [0.1, 0.15) is 29.7 Å². The fourth-order valence-electron chi connectivity index (χ4n) is 4.14. The van der Waals surface area contributed by atoms with Gasteiger partial charge in [0.2, 0.25) is 0 Å². The minimum Gasteiger partial charge on any atom is -0.507 e. The van der Waals surface area contributed by atoms with Crippen molar-refractivity contribution < 1.29 is 19.4 Å². The first kappa shape index (κ1) is 23.0. The zero-order valence-corrected chi connectivity index (χ0v) is 19.6. The van der Waals surface area contributed by atoms with Crippen molar-refractivity contribution in [2.45, 2.75) is 19.9 Å². The van der Waals surface area contributed by atoms with Crippen molar-refractivity contribution in [3.05, 3.63) is 89.3 Å². The second-order valence-electron chi connectivity index (χ2n) is 8.27. The fraction of sp³-hybridized carbons (Fsp3) is 0.222. The average Bonchev–Trinajstić information content (AvgIpc) is 3.11. The van der Waals surface area contributed by atoms with Crippen LogP contribution >= 0.6 is 0 Å². The molecule has 0 bridgehead atoms. The molecular formula is C27H27N3O4. The predicted octanol–water partition coefficient (Wildman–Crippen LogP) is 4.48. The van der Waals surface area contributed by atoms with Gasteiger partial charge in [-0.15, -0.1) is 0 Å². The predicted molar refractivity (Wildman–Crippen MR) is 132 cm³/mol. The summed E-state index contributed by atoms with van der Waals surface area (Å²) in [4.78, 5) is 34.0. The van der Waals surface area contributed by atoms with Crippen LogP contribution in [0.3, 0.4) is 0 Å². The SMILES string of the molecule is CCOc1ccc(/C(O)=C2/C(=O)C(=O)N(c3ccc(N(C)C)cc3)C2c2ccncc2)cc1C. The van der Waals surface area contributed by atoms with E-state index in [1.165, 1.54) is 4.90 Å². The first-order valence-electron chi connectivity index (χ1n) is 11.1. The number of aliphatic hydroxyl groups excluding tert-OH is 1. The van der Waals surface area contributed by atoms with E-state index in [0.717, 1.165) is 11.3 Å². The number of pyridine rings is 1. The summed E-state index contributed by atoms with van der Waals surface area (Å²) in [5, 5.41) is 11.3. The zero-order valence-electron chi connectivity index (χ0n) is 19.6. The minimum absolute atomic E-state index is 0.0384. The van der Waals surface area contributed by atoms with E-state index in [9.17, 15) is 14.7 Å². The largest absolute Gasteiger partial charge is 0.507 e. The molecule has 3 aromatic rings. The Labute approximate surface area is 198 Å². The van der Waals surface area contributed by atoms with Crippen molar-refractivity contribution in [2.75, 3.05) is 30.5 Å².